The lowest BCUT2D eigenvalue weighted by molar-refractivity contribution is 0.538. The predicted octanol–water partition coefficient (Wildman–Crippen LogP) is 3.36. The van der Waals surface area contributed by atoms with Crippen molar-refractivity contribution in [3.8, 4) is 0 Å². The van der Waals surface area contributed by atoms with Crippen LogP contribution in [0.3, 0.4) is 0 Å². The second-order valence-corrected chi connectivity index (χ2v) is 5.67. The van der Waals surface area contributed by atoms with Crippen LogP contribution in [0.4, 0.5) is 4.39 Å². The Morgan fingerprint density at radius 2 is 2.33 bits per heavy atom. The van der Waals surface area contributed by atoms with Gasteiger partial charge >= 0.3 is 0 Å². The first-order chi connectivity index (χ1) is 7.27. The molecule has 0 bridgehead atoms. The summed E-state index contributed by atoms with van der Waals surface area (Å²) >= 11 is 5.27. The molecule has 1 atom stereocenters. The Balaban J connectivity index is 2.22. The zero-order chi connectivity index (χ0) is 10.7. The van der Waals surface area contributed by atoms with E-state index in [4.69, 9.17) is 0 Å². The molecule has 1 aromatic carbocycles. The Morgan fingerprint density at radius 1 is 1.47 bits per heavy atom. The molecule has 0 amide bonds. The van der Waals surface area contributed by atoms with Crippen molar-refractivity contribution < 1.29 is 4.39 Å². The summed E-state index contributed by atoms with van der Waals surface area (Å²) in [6.45, 7) is 0.976. The van der Waals surface area contributed by atoms with E-state index in [2.05, 4.69) is 21.2 Å². The van der Waals surface area contributed by atoms with Crippen LogP contribution < -0.4 is 5.32 Å². The van der Waals surface area contributed by atoms with Gasteiger partial charge in [0.05, 0.1) is 0 Å². The van der Waals surface area contributed by atoms with Gasteiger partial charge in [-0.05, 0) is 36.9 Å². The Labute approximate surface area is 102 Å². The van der Waals surface area contributed by atoms with Gasteiger partial charge in [0.2, 0.25) is 0 Å². The monoisotopic (exact) mass is 289 g/mol. The average molecular weight is 290 g/mol. The maximum atomic E-state index is 13.6. The number of benzene rings is 1. The molecule has 0 radical (unpaired) electrons. The van der Waals surface area contributed by atoms with Crippen LogP contribution in [0.5, 0.6) is 0 Å². The molecule has 4 heteroatoms. The summed E-state index contributed by atoms with van der Waals surface area (Å²) in [5.41, 5.74) is 0.777. The minimum Gasteiger partial charge on any atom is -0.309 e. The van der Waals surface area contributed by atoms with E-state index in [9.17, 15) is 4.39 Å². The third-order valence-electron chi connectivity index (χ3n) is 2.47. The molecule has 1 fully saturated rings. The molecule has 1 aliphatic rings. The van der Waals surface area contributed by atoms with Crippen molar-refractivity contribution in [2.75, 3.05) is 18.1 Å². The normalized spacial score (nSPS) is 22.4. The second-order valence-electron chi connectivity index (χ2n) is 3.60. The van der Waals surface area contributed by atoms with E-state index in [1.807, 2.05) is 17.8 Å². The molecule has 1 nitrogen and oxygen atoms in total. The summed E-state index contributed by atoms with van der Waals surface area (Å²) < 4.78 is 14.6. The molecule has 0 aromatic heterocycles. The van der Waals surface area contributed by atoms with Gasteiger partial charge in [0.1, 0.15) is 5.82 Å². The molecule has 15 heavy (non-hydrogen) atoms. The minimum absolute atomic E-state index is 0.113. The summed E-state index contributed by atoms with van der Waals surface area (Å²) in [6.07, 6.45) is 1.16. The summed E-state index contributed by atoms with van der Waals surface area (Å²) in [6, 6.07) is 5.29. The minimum atomic E-state index is -0.113. The number of hydrogen-bond donors (Lipinski definition) is 1. The molecule has 1 heterocycles. The van der Waals surface area contributed by atoms with E-state index in [0.717, 1.165) is 28.8 Å². The SMILES string of the molecule is Fc1ccc(Br)cc1C1CSCCCN1. The summed E-state index contributed by atoms with van der Waals surface area (Å²) in [7, 11) is 0. The fourth-order valence-corrected chi connectivity index (χ4v) is 3.12. The van der Waals surface area contributed by atoms with Crippen molar-refractivity contribution >= 4 is 27.7 Å². The lowest BCUT2D eigenvalue weighted by Crippen LogP contribution is -2.23. The Kier molecular flexibility index (Phi) is 4.05. The van der Waals surface area contributed by atoms with Crippen LogP contribution >= 0.6 is 27.7 Å². The maximum absolute atomic E-state index is 13.6. The van der Waals surface area contributed by atoms with Crippen LogP contribution in [0.15, 0.2) is 22.7 Å². The zero-order valence-electron chi connectivity index (χ0n) is 8.30. The molecule has 1 aliphatic heterocycles. The topological polar surface area (TPSA) is 12.0 Å². The molecule has 1 unspecified atom stereocenters. The standard InChI is InChI=1S/C11H13BrFNS/c12-8-2-3-10(13)9(6-8)11-7-15-5-1-4-14-11/h2-3,6,11,14H,1,4-5,7H2. The third kappa shape index (κ3) is 2.95. The van der Waals surface area contributed by atoms with Gasteiger partial charge in [0.25, 0.3) is 0 Å². The molecule has 0 saturated carbocycles. The summed E-state index contributed by atoms with van der Waals surface area (Å²) in [5.74, 6) is 2.00. The van der Waals surface area contributed by atoms with E-state index in [0.29, 0.717) is 0 Å². The van der Waals surface area contributed by atoms with Crippen molar-refractivity contribution in [1.82, 2.24) is 5.32 Å². The van der Waals surface area contributed by atoms with Crippen molar-refractivity contribution in [3.63, 3.8) is 0 Å². The smallest absolute Gasteiger partial charge is 0.128 e. The highest BCUT2D eigenvalue weighted by atomic mass is 79.9. The summed E-state index contributed by atoms with van der Waals surface area (Å²) in [5, 5.41) is 3.38. The Morgan fingerprint density at radius 3 is 3.20 bits per heavy atom. The van der Waals surface area contributed by atoms with Crippen LogP contribution in [0.25, 0.3) is 0 Å². The van der Waals surface area contributed by atoms with E-state index in [1.54, 1.807) is 6.07 Å². The van der Waals surface area contributed by atoms with Crippen molar-refractivity contribution in [2.24, 2.45) is 0 Å². The summed E-state index contributed by atoms with van der Waals surface area (Å²) in [4.78, 5) is 0. The van der Waals surface area contributed by atoms with E-state index >= 15 is 0 Å². The van der Waals surface area contributed by atoms with Gasteiger partial charge in [-0.3, -0.25) is 0 Å². The van der Waals surface area contributed by atoms with Gasteiger partial charge in [-0.15, -0.1) is 0 Å². The van der Waals surface area contributed by atoms with Crippen LogP contribution in [0.2, 0.25) is 0 Å². The van der Waals surface area contributed by atoms with Crippen LogP contribution in [0, 0.1) is 5.82 Å². The highest BCUT2D eigenvalue weighted by Crippen LogP contribution is 2.26. The van der Waals surface area contributed by atoms with Gasteiger partial charge in [0.15, 0.2) is 0 Å². The van der Waals surface area contributed by atoms with Gasteiger partial charge in [-0.25, -0.2) is 4.39 Å². The quantitative estimate of drug-likeness (QED) is 0.851. The molecule has 0 aliphatic carbocycles. The van der Waals surface area contributed by atoms with E-state index < -0.39 is 0 Å². The number of rotatable bonds is 1. The fraction of sp³-hybridized carbons (Fsp3) is 0.455. The van der Waals surface area contributed by atoms with Gasteiger partial charge < -0.3 is 5.32 Å². The van der Waals surface area contributed by atoms with Crippen LogP contribution in [-0.4, -0.2) is 18.1 Å². The second kappa shape index (κ2) is 5.32. The first kappa shape index (κ1) is 11.4. The molecule has 2 rings (SSSR count). The molecule has 1 saturated heterocycles. The van der Waals surface area contributed by atoms with Crippen molar-refractivity contribution in [3.05, 3.63) is 34.1 Å². The first-order valence-corrected chi connectivity index (χ1v) is 6.98. The molecular weight excluding hydrogens is 277 g/mol. The number of hydrogen-bond acceptors (Lipinski definition) is 2. The van der Waals surface area contributed by atoms with E-state index in [1.165, 1.54) is 11.8 Å². The van der Waals surface area contributed by atoms with Gasteiger partial charge in [-0.2, -0.15) is 11.8 Å². The predicted molar refractivity (Wildman–Crippen MR) is 66.8 cm³/mol. The van der Waals surface area contributed by atoms with Crippen LogP contribution in [-0.2, 0) is 0 Å². The Hall–Kier alpha value is -0.0600. The van der Waals surface area contributed by atoms with Crippen LogP contribution in [0.1, 0.15) is 18.0 Å². The lowest BCUT2D eigenvalue weighted by atomic mass is 10.1. The highest BCUT2D eigenvalue weighted by molar-refractivity contribution is 9.10. The van der Waals surface area contributed by atoms with Crippen molar-refractivity contribution in [2.45, 2.75) is 12.5 Å². The zero-order valence-corrected chi connectivity index (χ0v) is 10.7. The first-order valence-electron chi connectivity index (χ1n) is 5.03. The molecule has 1 aromatic rings. The molecular formula is C11H13BrFNS. The fourth-order valence-electron chi connectivity index (χ4n) is 1.69. The highest BCUT2D eigenvalue weighted by Gasteiger charge is 2.17. The molecule has 0 spiro atoms. The lowest BCUT2D eigenvalue weighted by Gasteiger charge is -2.16. The average Bonchev–Trinajstić information content (AvgIpc) is 2.50. The van der Waals surface area contributed by atoms with Gasteiger partial charge in [0, 0.05) is 21.8 Å². The van der Waals surface area contributed by atoms with Gasteiger partial charge in [-0.1, -0.05) is 15.9 Å². The molecule has 82 valence electrons. The van der Waals surface area contributed by atoms with E-state index in [-0.39, 0.29) is 11.9 Å². The number of nitrogens with one attached hydrogen (secondary N) is 1. The largest absolute Gasteiger partial charge is 0.309 e. The third-order valence-corrected chi connectivity index (χ3v) is 4.11. The maximum Gasteiger partial charge on any atom is 0.128 e. The number of thioether (sulfide) groups is 1. The number of halogens is 2. The van der Waals surface area contributed by atoms with Crippen molar-refractivity contribution in [1.29, 1.82) is 0 Å². The Bertz CT molecular complexity index is 337. The molecule has 1 N–H and O–H groups in total.